The molecule has 0 amide bonds. The van der Waals surface area contributed by atoms with E-state index >= 15 is 0 Å². The third kappa shape index (κ3) is 4.31. The molecule has 0 aromatic heterocycles. The number of aliphatic hydroxyl groups excluding tert-OH is 1. The molecule has 1 atom stereocenters. The van der Waals surface area contributed by atoms with Crippen LogP contribution in [0.25, 0.3) is 0 Å². The number of Topliss-reactive ketones (excluding diaryl/α,β-unsaturated/α-hetero) is 1. The van der Waals surface area contributed by atoms with Crippen LogP contribution in [-0.4, -0.2) is 17.0 Å². The predicted octanol–water partition coefficient (Wildman–Crippen LogP) is 2.99. The largest absolute Gasteiger partial charge is 0.392 e. The highest BCUT2D eigenvalue weighted by atomic mass is 16.3. The molecule has 0 fully saturated rings. The van der Waals surface area contributed by atoms with Crippen LogP contribution in [0.1, 0.15) is 39.2 Å². The minimum Gasteiger partial charge on any atom is -0.392 e. The first-order chi connectivity index (χ1) is 7.95. The summed E-state index contributed by atoms with van der Waals surface area (Å²) in [5.41, 5.74) is 0.923. The maximum Gasteiger partial charge on any atom is 0.135 e. The number of aliphatic hydroxyl groups is 1. The van der Waals surface area contributed by atoms with Crippen LogP contribution < -0.4 is 0 Å². The van der Waals surface area contributed by atoms with Gasteiger partial charge in [0.15, 0.2) is 0 Å². The summed E-state index contributed by atoms with van der Waals surface area (Å²) in [5, 5.41) is 10.1. The van der Waals surface area contributed by atoms with Gasteiger partial charge in [0.05, 0.1) is 6.10 Å². The molecule has 0 radical (unpaired) electrons. The molecule has 0 spiro atoms. The molecular weight excluding hydrogens is 212 g/mol. The van der Waals surface area contributed by atoms with E-state index in [-0.39, 0.29) is 17.6 Å². The number of hydrogen-bond donors (Lipinski definition) is 1. The van der Waals surface area contributed by atoms with E-state index in [2.05, 4.69) is 12.1 Å². The molecule has 0 unspecified atom stereocenters. The topological polar surface area (TPSA) is 37.3 Å². The van der Waals surface area contributed by atoms with Gasteiger partial charge in [-0.3, -0.25) is 4.79 Å². The second-order valence-electron chi connectivity index (χ2n) is 5.26. The van der Waals surface area contributed by atoms with Crippen molar-refractivity contribution in [2.75, 3.05) is 0 Å². The average Bonchev–Trinajstić information content (AvgIpc) is 2.29. The van der Waals surface area contributed by atoms with Crippen molar-refractivity contribution in [2.24, 2.45) is 5.41 Å². The Labute approximate surface area is 104 Å². The highest BCUT2D eigenvalue weighted by Gasteiger charge is 2.29. The lowest BCUT2D eigenvalue weighted by atomic mass is 9.78. The number of rotatable bonds is 6. The van der Waals surface area contributed by atoms with Gasteiger partial charge < -0.3 is 5.11 Å². The third-order valence-electron chi connectivity index (χ3n) is 3.22. The molecule has 0 aliphatic heterocycles. The van der Waals surface area contributed by atoms with E-state index in [0.717, 1.165) is 6.42 Å². The van der Waals surface area contributed by atoms with E-state index in [9.17, 15) is 9.90 Å². The zero-order valence-electron chi connectivity index (χ0n) is 10.9. The Kier molecular flexibility index (Phi) is 4.88. The molecule has 17 heavy (non-hydrogen) atoms. The van der Waals surface area contributed by atoms with Crippen molar-refractivity contribution in [3.8, 4) is 0 Å². The van der Waals surface area contributed by atoms with Gasteiger partial charge in [-0.15, -0.1) is 0 Å². The first-order valence-corrected chi connectivity index (χ1v) is 6.19. The molecule has 1 aromatic carbocycles. The van der Waals surface area contributed by atoms with Crippen molar-refractivity contribution in [2.45, 2.75) is 46.1 Å². The number of carbonyl (C=O) groups is 1. The lowest BCUT2D eigenvalue weighted by molar-refractivity contribution is -0.122. The van der Waals surface area contributed by atoms with Crippen LogP contribution in [0.5, 0.6) is 0 Å². The molecule has 2 heteroatoms. The first kappa shape index (κ1) is 13.9. The fraction of sp³-hybridized carbons (Fsp3) is 0.533. The molecule has 94 valence electrons. The van der Waals surface area contributed by atoms with E-state index in [1.807, 2.05) is 39.0 Å². The zero-order chi connectivity index (χ0) is 12.9. The van der Waals surface area contributed by atoms with E-state index in [1.165, 1.54) is 5.56 Å². The Morgan fingerprint density at radius 1 is 1.29 bits per heavy atom. The Bertz CT molecular complexity index is 354. The van der Waals surface area contributed by atoms with Crippen LogP contribution in [0.3, 0.4) is 0 Å². The Hall–Kier alpha value is -1.15. The predicted molar refractivity (Wildman–Crippen MR) is 69.8 cm³/mol. The number of benzene rings is 1. The van der Waals surface area contributed by atoms with Crippen molar-refractivity contribution in [3.05, 3.63) is 35.9 Å². The summed E-state index contributed by atoms with van der Waals surface area (Å²) in [4.78, 5) is 11.4. The SMILES string of the molecule is CCC(=O)C[C@@H](O)C(C)(C)Cc1ccccc1. The van der Waals surface area contributed by atoms with Gasteiger partial charge in [0.25, 0.3) is 0 Å². The molecule has 0 aliphatic carbocycles. The third-order valence-corrected chi connectivity index (χ3v) is 3.22. The second kappa shape index (κ2) is 5.97. The van der Waals surface area contributed by atoms with Crippen molar-refractivity contribution in [1.29, 1.82) is 0 Å². The van der Waals surface area contributed by atoms with Gasteiger partial charge in [0.2, 0.25) is 0 Å². The summed E-state index contributed by atoms with van der Waals surface area (Å²) in [7, 11) is 0. The summed E-state index contributed by atoms with van der Waals surface area (Å²) in [6.07, 6.45) is 0.969. The fourth-order valence-electron chi connectivity index (χ4n) is 1.88. The molecule has 0 aliphatic rings. The van der Waals surface area contributed by atoms with E-state index in [4.69, 9.17) is 0 Å². The maximum absolute atomic E-state index is 11.4. The van der Waals surface area contributed by atoms with E-state index in [1.54, 1.807) is 0 Å². The van der Waals surface area contributed by atoms with Gasteiger partial charge >= 0.3 is 0 Å². The summed E-state index contributed by atoms with van der Waals surface area (Å²) in [6, 6.07) is 10.1. The summed E-state index contributed by atoms with van der Waals surface area (Å²) in [5.74, 6) is 0.124. The molecule has 2 nitrogen and oxygen atoms in total. The highest BCUT2D eigenvalue weighted by molar-refractivity contribution is 5.78. The number of carbonyl (C=O) groups excluding carboxylic acids is 1. The minimum atomic E-state index is -0.574. The van der Waals surface area contributed by atoms with Gasteiger partial charge in [-0.2, -0.15) is 0 Å². The van der Waals surface area contributed by atoms with Crippen LogP contribution in [0.2, 0.25) is 0 Å². The molecular formula is C15H22O2. The molecule has 1 N–H and O–H groups in total. The maximum atomic E-state index is 11.4. The highest BCUT2D eigenvalue weighted by Crippen LogP contribution is 2.28. The summed E-state index contributed by atoms with van der Waals surface area (Å²) < 4.78 is 0. The Morgan fingerprint density at radius 2 is 1.88 bits per heavy atom. The molecule has 0 saturated heterocycles. The Morgan fingerprint density at radius 3 is 2.41 bits per heavy atom. The van der Waals surface area contributed by atoms with Crippen molar-refractivity contribution in [1.82, 2.24) is 0 Å². The Balaban J connectivity index is 2.64. The molecule has 1 aromatic rings. The number of hydrogen-bond acceptors (Lipinski definition) is 2. The van der Waals surface area contributed by atoms with Gasteiger partial charge in [-0.05, 0) is 17.4 Å². The molecule has 0 bridgehead atoms. The van der Waals surface area contributed by atoms with Crippen molar-refractivity contribution in [3.63, 3.8) is 0 Å². The molecule has 1 rings (SSSR count). The van der Waals surface area contributed by atoms with E-state index < -0.39 is 6.10 Å². The zero-order valence-corrected chi connectivity index (χ0v) is 10.9. The van der Waals surface area contributed by atoms with E-state index in [0.29, 0.717) is 6.42 Å². The monoisotopic (exact) mass is 234 g/mol. The second-order valence-corrected chi connectivity index (χ2v) is 5.26. The molecule has 0 heterocycles. The summed E-state index contributed by atoms with van der Waals surface area (Å²) >= 11 is 0. The summed E-state index contributed by atoms with van der Waals surface area (Å²) in [6.45, 7) is 5.85. The van der Waals surface area contributed by atoms with Gasteiger partial charge in [0, 0.05) is 12.8 Å². The van der Waals surface area contributed by atoms with Crippen LogP contribution in [-0.2, 0) is 11.2 Å². The van der Waals surface area contributed by atoms with Crippen LogP contribution >= 0.6 is 0 Å². The quantitative estimate of drug-likeness (QED) is 0.821. The minimum absolute atomic E-state index is 0.124. The lowest BCUT2D eigenvalue weighted by Gasteiger charge is -2.30. The van der Waals surface area contributed by atoms with Gasteiger partial charge in [0.1, 0.15) is 5.78 Å². The standard InChI is InChI=1S/C15H22O2/c1-4-13(16)10-14(17)15(2,3)11-12-8-6-5-7-9-12/h5-9,14,17H,4,10-11H2,1-3H3/t14-/m1/s1. The van der Waals surface area contributed by atoms with Crippen molar-refractivity contribution < 1.29 is 9.90 Å². The van der Waals surface area contributed by atoms with Crippen molar-refractivity contribution >= 4 is 5.78 Å². The average molecular weight is 234 g/mol. The normalized spacial score (nSPS) is 13.4. The smallest absolute Gasteiger partial charge is 0.135 e. The fourth-order valence-corrected chi connectivity index (χ4v) is 1.88. The van der Waals surface area contributed by atoms with Crippen LogP contribution in [0, 0.1) is 5.41 Å². The van der Waals surface area contributed by atoms with Gasteiger partial charge in [-0.1, -0.05) is 51.1 Å². The lowest BCUT2D eigenvalue weighted by Crippen LogP contribution is -2.33. The first-order valence-electron chi connectivity index (χ1n) is 6.19. The van der Waals surface area contributed by atoms with Crippen LogP contribution in [0.15, 0.2) is 30.3 Å². The number of ketones is 1. The molecule has 0 saturated carbocycles. The van der Waals surface area contributed by atoms with Gasteiger partial charge in [-0.25, -0.2) is 0 Å². The van der Waals surface area contributed by atoms with Crippen LogP contribution in [0.4, 0.5) is 0 Å².